The Morgan fingerprint density at radius 1 is 2.00 bits per heavy atom. The molecule has 0 aromatic rings. The highest BCUT2D eigenvalue weighted by atomic mass is 16.4. The molecule has 0 heterocycles. The van der Waals surface area contributed by atoms with Crippen molar-refractivity contribution in [2.24, 2.45) is 0 Å². The minimum atomic E-state index is -0.907. The summed E-state index contributed by atoms with van der Waals surface area (Å²) in [6, 6.07) is 0. The molecule has 0 saturated carbocycles. The molecule has 0 aromatic carbocycles. The molecular weight excluding hydrogens is 92.1 g/mol. The highest BCUT2D eigenvalue weighted by Crippen LogP contribution is 1.95. The van der Waals surface area contributed by atoms with Crippen LogP contribution < -0.4 is 0 Å². The third-order valence-corrected chi connectivity index (χ3v) is 0.644. The van der Waals surface area contributed by atoms with E-state index in [2.05, 4.69) is 6.58 Å². The van der Waals surface area contributed by atoms with E-state index >= 15 is 0 Å². The summed E-state index contributed by atoms with van der Waals surface area (Å²) in [5.41, 5.74) is 0. The fourth-order valence-corrected chi connectivity index (χ4v) is 0.0873. The van der Waals surface area contributed by atoms with Crippen LogP contribution >= 0.6 is 0 Å². The van der Waals surface area contributed by atoms with Gasteiger partial charge >= 0.3 is 5.97 Å². The van der Waals surface area contributed by atoms with Crippen LogP contribution in [0.1, 0.15) is 6.92 Å². The van der Waals surface area contributed by atoms with Crippen molar-refractivity contribution < 1.29 is 9.90 Å². The van der Waals surface area contributed by atoms with Gasteiger partial charge in [-0.1, -0.05) is 0 Å². The summed E-state index contributed by atoms with van der Waals surface area (Å²) < 4.78 is 0. The topological polar surface area (TPSA) is 37.3 Å². The zero-order valence-corrected chi connectivity index (χ0v) is 4.14. The quantitative estimate of drug-likeness (QED) is 0.521. The van der Waals surface area contributed by atoms with Gasteiger partial charge in [0.25, 0.3) is 0 Å². The Morgan fingerprint density at radius 3 is 2.43 bits per heavy atom. The van der Waals surface area contributed by atoms with Gasteiger partial charge in [-0.05, 0) is 0 Å². The van der Waals surface area contributed by atoms with Crippen molar-refractivity contribution in [2.75, 3.05) is 0 Å². The number of carboxylic acids is 1. The molecular formula is C5H7O2+. The minimum Gasteiger partial charge on any atom is -0.463 e. The Hall–Kier alpha value is -0.920. The van der Waals surface area contributed by atoms with Gasteiger partial charge < -0.3 is 5.11 Å². The maximum Gasteiger partial charge on any atom is 0.416 e. The highest BCUT2D eigenvalue weighted by molar-refractivity contribution is 5.84. The van der Waals surface area contributed by atoms with Gasteiger partial charge in [-0.15, -0.1) is 0 Å². The van der Waals surface area contributed by atoms with Crippen LogP contribution in [0.2, 0.25) is 0 Å². The number of hydrogen-bond donors (Lipinski definition) is 1. The van der Waals surface area contributed by atoms with Crippen LogP contribution in [0.3, 0.4) is 0 Å². The zero-order chi connectivity index (χ0) is 5.86. The second kappa shape index (κ2) is 2.29. The molecule has 0 radical (unpaired) electrons. The van der Waals surface area contributed by atoms with Crippen molar-refractivity contribution in [1.82, 2.24) is 0 Å². The standard InChI is InChI=1S/C5H6O2/c1-3-4(2)5(6)7/h3H,1H2,2H3/p+1. The average molecular weight is 99.1 g/mol. The molecule has 0 rings (SSSR count). The Balaban J connectivity index is 3.55. The lowest BCUT2D eigenvalue weighted by Crippen LogP contribution is -2.02. The van der Waals surface area contributed by atoms with Crippen LogP contribution in [-0.2, 0) is 4.79 Å². The van der Waals surface area contributed by atoms with E-state index in [-0.39, 0.29) is 5.92 Å². The summed E-state index contributed by atoms with van der Waals surface area (Å²) in [7, 11) is 0. The number of hydrogen-bond acceptors (Lipinski definition) is 1. The summed E-state index contributed by atoms with van der Waals surface area (Å²) >= 11 is 0. The first-order valence-corrected chi connectivity index (χ1v) is 1.87. The molecule has 0 aliphatic heterocycles. The first-order chi connectivity index (χ1) is 3.18. The van der Waals surface area contributed by atoms with Crippen molar-refractivity contribution in [2.45, 2.75) is 6.92 Å². The van der Waals surface area contributed by atoms with E-state index in [0.717, 1.165) is 0 Å². The molecule has 0 bridgehead atoms. The third-order valence-electron chi connectivity index (χ3n) is 0.644. The lowest BCUT2D eigenvalue weighted by Gasteiger charge is -1.82. The molecule has 0 atom stereocenters. The molecule has 1 N–H and O–H groups in total. The lowest BCUT2D eigenvalue weighted by atomic mass is 10.2. The number of rotatable bonds is 2. The van der Waals surface area contributed by atoms with E-state index < -0.39 is 5.97 Å². The molecule has 0 saturated heterocycles. The molecule has 0 fully saturated rings. The molecule has 2 nitrogen and oxygen atoms in total. The van der Waals surface area contributed by atoms with E-state index in [0.29, 0.717) is 0 Å². The largest absolute Gasteiger partial charge is 0.463 e. The monoisotopic (exact) mass is 99.0 g/mol. The van der Waals surface area contributed by atoms with Crippen molar-refractivity contribution in [1.29, 1.82) is 0 Å². The van der Waals surface area contributed by atoms with Gasteiger partial charge in [0.05, 0.1) is 0 Å². The van der Waals surface area contributed by atoms with Gasteiger partial charge in [-0.3, -0.25) is 0 Å². The maximum absolute atomic E-state index is 9.82. The molecule has 7 heavy (non-hydrogen) atoms. The fourth-order valence-electron chi connectivity index (χ4n) is 0.0873. The van der Waals surface area contributed by atoms with Gasteiger partial charge in [0.1, 0.15) is 6.08 Å². The normalized spacial score (nSPS) is 7.57. The van der Waals surface area contributed by atoms with Crippen molar-refractivity contribution in [3.63, 3.8) is 0 Å². The Bertz CT molecular complexity index is 86.1. The number of aliphatic carboxylic acids is 1. The predicted octanol–water partition coefficient (Wildman–Crippen LogP) is 0.851. The van der Waals surface area contributed by atoms with Crippen molar-refractivity contribution >= 4 is 5.97 Å². The zero-order valence-electron chi connectivity index (χ0n) is 4.14. The van der Waals surface area contributed by atoms with E-state index in [4.69, 9.17) is 5.11 Å². The Labute approximate surface area is 42.5 Å². The van der Waals surface area contributed by atoms with Crippen LogP contribution in [0, 0.1) is 5.92 Å². The first-order valence-electron chi connectivity index (χ1n) is 1.87. The smallest absolute Gasteiger partial charge is 0.416 e. The van der Waals surface area contributed by atoms with Gasteiger partial charge in [0.2, 0.25) is 0 Å². The highest BCUT2D eigenvalue weighted by Gasteiger charge is 2.12. The van der Waals surface area contributed by atoms with E-state index in [9.17, 15) is 4.79 Å². The molecule has 0 aliphatic rings. The minimum absolute atomic E-state index is 0.278. The van der Waals surface area contributed by atoms with Crippen LogP contribution in [0.15, 0.2) is 12.7 Å². The fraction of sp³-hybridized carbons (Fsp3) is 0.200. The van der Waals surface area contributed by atoms with Crippen LogP contribution in [0.5, 0.6) is 0 Å². The maximum atomic E-state index is 9.82. The summed E-state index contributed by atoms with van der Waals surface area (Å²) in [6.45, 7) is 4.76. The summed E-state index contributed by atoms with van der Waals surface area (Å²) in [5.74, 6) is -0.630. The average Bonchev–Trinajstić information content (AvgIpc) is 1.65. The molecule has 0 spiro atoms. The van der Waals surface area contributed by atoms with Gasteiger partial charge in [-0.25, -0.2) is 4.79 Å². The first kappa shape index (κ1) is 6.08. The SMILES string of the molecule is C=C[C+](C)C(=O)O. The van der Waals surface area contributed by atoms with Crippen LogP contribution in [0.25, 0.3) is 0 Å². The second-order valence-corrected chi connectivity index (χ2v) is 1.19. The van der Waals surface area contributed by atoms with Crippen LogP contribution in [-0.4, -0.2) is 11.1 Å². The summed E-state index contributed by atoms with van der Waals surface area (Å²) in [6.07, 6.45) is 1.31. The lowest BCUT2D eigenvalue weighted by molar-refractivity contribution is -0.134. The van der Waals surface area contributed by atoms with E-state index in [1.807, 2.05) is 0 Å². The van der Waals surface area contributed by atoms with Gasteiger partial charge in [0.15, 0.2) is 5.92 Å². The predicted molar refractivity (Wildman–Crippen MR) is 26.7 cm³/mol. The van der Waals surface area contributed by atoms with E-state index in [1.54, 1.807) is 0 Å². The van der Waals surface area contributed by atoms with Crippen molar-refractivity contribution in [3.8, 4) is 0 Å². The molecule has 38 valence electrons. The summed E-state index contributed by atoms with van der Waals surface area (Å²) in [5, 5.41) is 8.07. The molecule has 0 amide bonds. The van der Waals surface area contributed by atoms with Gasteiger partial charge in [0, 0.05) is 13.5 Å². The number of carboxylic acid groups (broad SMARTS) is 1. The molecule has 2 heteroatoms. The van der Waals surface area contributed by atoms with Crippen LogP contribution in [0.4, 0.5) is 0 Å². The molecule has 0 unspecified atom stereocenters. The number of carbonyl (C=O) groups is 1. The Morgan fingerprint density at radius 2 is 2.43 bits per heavy atom. The second-order valence-electron chi connectivity index (χ2n) is 1.19. The third kappa shape index (κ3) is 1.87. The molecule has 0 aliphatic carbocycles. The van der Waals surface area contributed by atoms with Gasteiger partial charge in [-0.2, -0.15) is 0 Å². The Kier molecular flexibility index (Phi) is 1.99. The summed E-state index contributed by atoms with van der Waals surface area (Å²) in [4.78, 5) is 9.82. The van der Waals surface area contributed by atoms with E-state index in [1.165, 1.54) is 13.0 Å². The molecule has 0 aromatic heterocycles. The van der Waals surface area contributed by atoms with Crippen molar-refractivity contribution in [3.05, 3.63) is 18.6 Å².